The second-order valence-electron chi connectivity index (χ2n) is 8.41. The molecule has 0 saturated heterocycles. The number of aromatic nitrogens is 1. The standard InChI is InChI=1S/C29H20F2NO/c1-17-10-12-22-23-13-14-24(31)27(21-9-5-7-18-6-3-4-8-20(18)21)29(23)33-28(22)26(17)25-15-11-19(30)16-32(25)2/h3-16H,1-2H3/q+1. The highest BCUT2D eigenvalue weighted by Crippen LogP contribution is 2.42. The van der Waals surface area contributed by atoms with Crippen molar-refractivity contribution in [1.82, 2.24) is 0 Å². The molecule has 33 heavy (non-hydrogen) atoms. The number of hydrogen-bond acceptors (Lipinski definition) is 1. The van der Waals surface area contributed by atoms with Crippen molar-refractivity contribution in [2.24, 2.45) is 7.05 Å². The lowest BCUT2D eigenvalue weighted by Gasteiger charge is -2.08. The van der Waals surface area contributed by atoms with E-state index >= 15 is 4.39 Å². The normalized spacial score (nSPS) is 11.6. The predicted octanol–water partition coefficient (Wildman–Crippen LogP) is 7.48. The van der Waals surface area contributed by atoms with Crippen LogP contribution < -0.4 is 4.57 Å². The Morgan fingerprint density at radius 1 is 0.697 bits per heavy atom. The van der Waals surface area contributed by atoms with Crippen molar-refractivity contribution in [3.8, 4) is 22.4 Å². The first kappa shape index (κ1) is 19.6. The Labute approximate surface area is 189 Å². The van der Waals surface area contributed by atoms with E-state index in [1.807, 2.05) is 61.5 Å². The number of pyridine rings is 1. The summed E-state index contributed by atoms with van der Waals surface area (Å²) in [5, 5.41) is 3.75. The van der Waals surface area contributed by atoms with Crippen LogP contribution in [0.25, 0.3) is 55.1 Å². The van der Waals surface area contributed by atoms with Crippen LogP contribution >= 0.6 is 0 Å². The Morgan fingerprint density at radius 3 is 2.24 bits per heavy atom. The zero-order chi connectivity index (χ0) is 22.7. The molecule has 2 nitrogen and oxygen atoms in total. The molecule has 2 heterocycles. The Hall–Kier alpha value is -4.05. The van der Waals surface area contributed by atoms with Crippen LogP contribution in [0, 0.1) is 18.6 Å². The van der Waals surface area contributed by atoms with Gasteiger partial charge in [-0.15, -0.1) is 0 Å². The zero-order valence-corrected chi connectivity index (χ0v) is 18.2. The highest BCUT2D eigenvalue weighted by Gasteiger charge is 2.23. The molecule has 4 heteroatoms. The van der Waals surface area contributed by atoms with Gasteiger partial charge in [0.1, 0.15) is 24.0 Å². The lowest BCUT2D eigenvalue weighted by Crippen LogP contribution is -2.31. The van der Waals surface area contributed by atoms with Gasteiger partial charge in [0.05, 0.1) is 11.1 Å². The first-order valence-electron chi connectivity index (χ1n) is 10.8. The van der Waals surface area contributed by atoms with Gasteiger partial charge in [0, 0.05) is 16.8 Å². The van der Waals surface area contributed by atoms with Gasteiger partial charge in [0.15, 0.2) is 5.82 Å². The summed E-state index contributed by atoms with van der Waals surface area (Å²) in [5.41, 5.74) is 5.11. The third-order valence-corrected chi connectivity index (χ3v) is 6.38. The first-order chi connectivity index (χ1) is 16.0. The molecule has 0 aliphatic carbocycles. The van der Waals surface area contributed by atoms with Gasteiger partial charge in [-0.25, -0.2) is 8.78 Å². The van der Waals surface area contributed by atoms with Crippen LogP contribution in [0.15, 0.2) is 89.5 Å². The van der Waals surface area contributed by atoms with Gasteiger partial charge in [0.25, 0.3) is 0 Å². The summed E-state index contributed by atoms with van der Waals surface area (Å²) < 4.78 is 37.4. The minimum atomic E-state index is -0.330. The van der Waals surface area contributed by atoms with E-state index in [1.54, 1.807) is 23.7 Å². The minimum Gasteiger partial charge on any atom is -0.454 e. The average molecular weight is 436 g/mol. The summed E-state index contributed by atoms with van der Waals surface area (Å²) in [7, 11) is 1.81. The van der Waals surface area contributed by atoms with Crippen molar-refractivity contribution in [1.29, 1.82) is 0 Å². The quantitative estimate of drug-likeness (QED) is 0.257. The highest BCUT2D eigenvalue weighted by atomic mass is 19.1. The molecule has 0 fully saturated rings. The van der Waals surface area contributed by atoms with Crippen molar-refractivity contribution in [3.05, 3.63) is 102 Å². The predicted molar refractivity (Wildman–Crippen MR) is 128 cm³/mol. The van der Waals surface area contributed by atoms with Gasteiger partial charge in [-0.3, -0.25) is 0 Å². The van der Waals surface area contributed by atoms with E-state index in [0.717, 1.165) is 43.9 Å². The van der Waals surface area contributed by atoms with Gasteiger partial charge < -0.3 is 4.42 Å². The molecule has 0 unspecified atom stereocenters. The van der Waals surface area contributed by atoms with E-state index in [0.29, 0.717) is 16.7 Å². The summed E-state index contributed by atoms with van der Waals surface area (Å²) >= 11 is 0. The SMILES string of the molecule is Cc1ccc2c(oc3c(-c4cccc5ccccc45)c(F)ccc32)c1-c1ccc(F)c[n+]1C. The van der Waals surface area contributed by atoms with Gasteiger partial charge in [-0.2, -0.15) is 4.57 Å². The fourth-order valence-corrected chi connectivity index (χ4v) is 4.82. The Balaban J connectivity index is 1.74. The third kappa shape index (κ3) is 2.94. The van der Waals surface area contributed by atoms with Gasteiger partial charge >= 0.3 is 0 Å². The van der Waals surface area contributed by atoms with Crippen molar-refractivity contribution < 1.29 is 17.8 Å². The highest BCUT2D eigenvalue weighted by molar-refractivity contribution is 6.15. The zero-order valence-electron chi connectivity index (χ0n) is 18.2. The van der Waals surface area contributed by atoms with Gasteiger partial charge in [-0.05, 0) is 47.0 Å². The smallest absolute Gasteiger partial charge is 0.216 e. The summed E-state index contributed by atoms with van der Waals surface area (Å²) in [4.78, 5) is 0. The number of nitrogens with zero attached hydrogens (tertiary/aromatic N) is 1. The summed E-state index contributed by atoms with van der Waals surface area (Å²) in [6.07, 6.45) is 1.44. The fourth-order valence-electron chi connectivity index (χ4n) is 4.82. The molecule has 6 aromatic rings. The number of furan rings is 1. The lowest BCUT2D eigenvalue weighted by atomic mass is 9.95. The maximum atomic E-state index is 15.4. The maximum Gasteiger partial charge on any atom is 0.216 e. The number of fused-ring (bicyclic) bond motifs is 4. The number of hydrogen-bond donors (Lipinski definition) is 0. The number of halogens is 2. The molecule has 0 saturated carbocycles. The van der Waals surface area contributed by atoms with Crippen molar-refractivity contribution in [2.45, 2.75) is 6.92 Å². The Morgan fingerprint density at radius 2 is 1.42 bits per heavy atom. The number of aryl methyl sites for hydroxylation is 2. The summed E-state index contributed by atoms with van der Waals surface area (Å²) in [6, 6.07) is 24.3. The molecule has 0 spiro atoms. The first-order valence-corrected chi connectivity index (χ1v) is 10.8. The topological polar surface area (TPSA) is 17.0 Å². The van der Waals surface area contributed by atoms with Crippen LogP contribution in [-0.2, 0) is 7.05 Å². The van der Waals surface area contributed by atoms with Gasteiger partial charge in [-0.1, -0.05) is 54.6 Å². The molecule has 2 aromatic heterocycles. The molecule has 0 aliphatic rings. The molecule has 6 rings (SSSR count). The molecule has 0 aliphatic heterocycles. The molecular formula is C29H20F2NO+. The number of benzene rings is 4. The van der Waals surface area contributed by atoms with E-state index in [1.165, 1.54) is 18.3 Å². The number of rotatable bonds is 2. The van der Waals surface area contributed by atoms with Gasteiger partial charge in [0.2, 0.25) is 11.9 Å². The maximum absolute atomic E-state index is 15.4. The monoisotopic (exact) mass is 436 g/mol. The van der Waals surface area contributed by atoms with Crippen molar-refractivity contribution in [2.75, 3.05) is 0 Å². The Kier molecular flexibility index (Phi) is 4.31. The van der Waals surface area contributed by atoms with Crippen LogP contribution in [0.2, 0.25) is 0 Å². The molecular weight excluding hydrogens is 416 g/mol. The molecule has 0 radical (unpaired) electrons. The van der Waals surface area contributed by atoms with Crippen LogP contribution in [0.1, 0.15) is 5.56 Å². The molecule has 0 N–H and O–H groups in total. The van der Waals surface area contributed by atoms with Crippen LogP contribution in [-0.4, -0.2) is 0 Å². The lowest BCUT2D eigenvalue weighted by molar-refractivity contribution is -0.661. The van der Waals surface area contributed by atoms with Crippen LogP contribution in [0.4, 0.5) is 8.78 Å². The largest absolute Gasteiger partial charge is 0.454 e. The van der Waals surface area contributed by atoms with E-state index < -0.39 is 0 Å². The molecule has 160 valence electrons. The molecule has 0 bridgehead atoms. The molecule has 0 amide bonds. The van der Waals surface area contributed by atoms with Crippen LogP contribution in [0.3, 0.4) is 0 Å². The van der Waals surface area contributed by atoms with Crippen molar-refractivity contribution >= 4 is 32.7 Å². The average Bonchev–Trinajstić information content (AvgIpc) is 3.18. The summed E-state index contributed by atoms with van der Waals surface area (Å²) in [6.45, 7) is 2.00. The second-order valence-corrected chi connectivity index (χ2v) is 8.41. The van der Waals surface area contributed by atoms with Crippen LogP contribution in [0.5, 0.6) is 0 Å². The van der Waals surface area contributed by atoms with E-state index in [9.17, 15) is 4.39 Å². The van der Waals surface area contributed by atoms with E-state index in [-0.39, 0.29) is 11.6 Å². The van der Waals surface area contributed by atoms with E-state index in [2.05, 4.69) is 0 Å². The summed E-state index contributed by atoms with van der Waals surface area (Å²) in [5.74, 6) is -0.639. The Bertz CT molecular complexity index is 1710. The van der Waals surface area contributed by atoms with E-state index in [4.69, 9.17) is 4.42 Å². The molecule has 4 aromatic carbocycles. The second kappa shape index (κ2) is 7.24. The fraction of sp³-hybridized carbons (Fsp3) is 0.0690. The minimum absolute atomic E-state index is 0.309. The molecule has 0 atom stereocenters. The van der Waals surface area contributed by atoms with Crippen molar-refractivity contribution in [3.63, 3.8) is 0 Å². The third-order valence-electron chi connectivity index (χ3n) is 6.38.